The van der Waals surface area contributed by atoms with E-state index >= 15 is 0 Å². The van der Waals surface area contributed by atoms with Gasteiger partial charge in [0.05, 0.1) is 19.8 Å². The SMILES string of the molecule is CCCn1cc(Cc2ccc(C(=O)OC)cc2OC)c2cc(CC3CCN(CC)C3=O)ccc21. The first-order valence-corrected chi connectivity index (χ1v) is 12.1. The molecule has 0 bridgehead atoms. The van der Waals surface area contributed by atoms with Crippen LogP contribution in [-0.4, -0.2) is 48.7 Å². The van der Waals surface area contributed by atoms with Gasteiger partial charge in [0.1, 0.15) is 5.75 Å². The van der Waals surface area contributed by atoms with Crippen molar-refractivity contribution in [1.82, 2.24) is 9.47 Å². The highest BCUT2D eigenvalue weighted by Gasteiger charge is 2.30. The molecule has 34 heavy (non-hydrogen) atoms. The molecule has 1 aromatic heterocycles. The maximum atomic E-state index is 12.6. The normalized spacial score (nSPS) is 15.8. The number of aryl methyl sites for hydroxylation is 1. The molecule has 1 atom stereocenters. The summed E-state index contributed by atoms with van der Waals surface area (Å²) < 4.78 is 12.8. The van der Waals surface area contributed by atoms with Crippen molar-refractivity contribution in [2.24, 2.45) is 5.92 Å². The van der Waals surface area contributed by atoms with Crippen molar-refractivity contribution in [2.45, 2.75) is 46.1 Å². The van der Waals surface area contributed by atoms with Crippen molar-refractivity contribution in [3.63, 3.8) is 0 Å². The molecule has 0 aliphatic carbocycles. The quantitative estimate of drug-likeness (QED) is 0.427. The highest BCUT2D eigenvalue weighted by Crippen LogP contribution is 2.31. The summed E-state index contributed by atoms with van der Waals surface area (Å²) in [6.45, 7) is 6.82. The molecule has 0 N–H and O–H groups in total. The molecule has 1 unspecified atom stereocenters. The number of likely N-dealkylation sites (tertiary alicyclic amines) is 1. The number of nitrogens with zero attached hydrogens (tertiary/aromatic N) is 2. The summed E-state index contributed by atoms with van der Waals surface area (Å²) >= 11 is 0. The van der Waals surface area contributed by atoms with Crippen molar-refractivity contribution in [2.75, 3.05) is 27.3 Å². The van der Waals surface area contributed by atoms with Crippen LogP contribution >= 0.6 is 0 Å². The van der Waals surface area contributed by atoms with Crippen molar-refractivity contribution in [3.8, 4) is 5.75 Å². The first-order chi connectivity index (χ1) is 16.5. The molecule has 2 aromatic carbocycles. The van der Waals surface area contributed by atoms with Gasteiger partial charge in [-0.2, -0.15) is 0 Å². The third-order valence-corrected chi connectivity index (χ3v) is 6.85. The van der Waals surface area contributed by atoms with E-state index in [4.69, 9.17) is 9.47 Å². The lowest BCUT2D eigenvalue weighted by Crippen LogP contribution is -2.27. The average molecular weight is 463 g/mol. The summed E-state index contributed by atoms with van der Waals surface area (Å²) in [5.74, 6) is 0.648. The van der Waals surface area contributed by atoms with Gasteiger partial charge in [0, 0.05) is 49.1 Å². The Hall–Kier alpha value is -3.28. The summed E-state index contributed by atoms with van der Waals surface area (Å²) in [5.41, 5.74) is 5.11. The maximum Gasteiger partial charge on any atom is 0.337 e. The highest BCUT2D eigenvalue weighted by molar-refractivity contribution is 5.90. The minimum Gasteiger partial charge on any atom is -0.496 e. The number of methoxy groups -OCH3 is 2. The van der Waals surface area contributed by atoms with Gasteiger partial charge in [0.15, 0.2) is 0 Å². The van der Waals surface area contributed by atoms with E-state index in [2.05, 4.69) is 35.9 Å². The van der Waals surface area contributed by atoms with Gasteiger partial charge in [-0.05, 0) is 67.1 Å². The fourth-order valence-corrected chi connectivity index (χ4v) is 5.04. The van der Waals surface area contributed by atoms with Crippen molar-refractivity contribution >= 4 is 22.8 Å². The second kappa shape index (κ2) is 10.3. The topological polar surface area (TPSA) is 60.8 Å². The lowest BCUT2D eigenvalue weighted by Gasteiger charge is -2.14. The molecule has 6 heteroatoms. The summed E-state index contributed by atoms with van der Waals surface area (Å²) in [4.78, 5) is 26.5. The summed E-state index contributed by atoms with van der Waals surface area (Å²) in [6, 6.07) is 12.1. The third kappa shape index (κ3) is 4.67. The lowest BCUT2D eigenvalue weighted by atomic mass is 9.95. The number of rotatable bonds is 9. The van der Waals surface area contributed by atoms with Gasteiger partial charge in [-0.25, -0.2) is 4.79 Å². The van der Waals surface area contributed by atoms with Crippen molar-refractivity contribution in [3.05, 3.63) is 64.8 Å². The average Bonchev–Trinajstić information content (AvgIpc) is 3.38. The van der Waals surface area contributed by atoms with E-state index in [-0.39, 0.29) is 17.8 Å². The number of hydrogen-bond donors (Lipinski definition) is 0. The minimum atomic E-state index is -0.378. The predicted molar refractivity (Wildman–Crippen MR) is 133 cm³/mol. The van der Waals surface area contributed by atoms with Crippen LogP contribution in [0.25, 0.3) is 10.9 Å². The Bertz CT molecular complexity index is 1200. The smallest absolute Gasteiger partial charge is 0.337 e. The molecule has 6 nitrogen and oxygen atoms in total. The van der Waals surface area contributed by atoms with E-state index < -0.39 is 0 Å². The molecule has 1 saturated heterocycles. The number of aromatic nitrogens is 1. The van der Waals surface area contributed by atoms with E-state index in [0.717, 1.165) is 44.5 Å². The van der Waals surface area contributed by atoms with E-state index in [0.29, 0.717) is 17.7 Å². The molecule has 1 fully saturated rings. The third-order valence-electron chi connectivity index (χ3n) is 6.85. The summed E-state index contributed by atoms with van der Waals surface area (Å²) in [6.07, 6.45) is 5.67. The first kappa shape index (κ1) is 23.9. The summed E-state index contributed by atoms with van der Waals surface area (Å²) in [7, 11) is 3.00. The van der Waals surface area contributed by atoms with Crippen LogP contribution in [0.3, 0.4) is 0 Å². The Morgan fingerprint density at radius 3 is 2.59 bits per heavy atom. The molecule has 4 rings (SSSR count). The standard InChI is InChI=1S/C28H34N2O4/c1-5-12-30-18-23(16-20-8-9-22(28(32)34-4)17-26(20)33-3)24-15-19(7-10-25(24)30)14-21-11-13-29(6-2)27(21)31/h7-10,15,17-18,21H,5-6,11-14,16H2,1-4H3. The van der Waals surface area contributed by atoms with Crippen LogP contribution in [0.15, 0.2) is 42.6 Å². The van der Waals surface area contributed by atoms with Gasteiger partial charge < -0.3 is 18.9 Å². The summed E-state index contributed by atoms with van der Waals surface area (Å²) in [5, 5.41) is 1.21. The number of carbonyl (C=O) groups excluding carboxylic acids is 2. The van der Waals surface area contributed by atoms with Gasteiger partial charge in [0.25, 0.3) is 0 Å². The fourth-order valence-electron chi connectivity index (χ4n) is 5.04. The molecular weight excluding hydrogens is 428 g/mol. The largest absolute Gasteiger partial charge is 0.496 e. The zero-order chi connectivity index (χ0) is 24.2. The number of ether oxygens (including phenoxy) is 2. The Morgan fingerprint density at radius 1 is 1.09 bits per heavy atom. The Labute approximate surface area is 201 Å². The Morgan fingerprint density at radius 2 is 1.91 bits per heavy atom. The minimum absolute atomic E-state index is 0.0736. The predicted octanol–water partition coefficient (Wildman–Crippen LogP) is 4.85. The lowest BCUT2D eigenvalue weighted by molar-refractivity contribution is -0.130. The number of carbonyl (C=O) groups is 2. The number of fused-ring (bicyclic) bond motifs is 1. The zero-order valence-electron chi connectivity index (χ0n) is 20.6. The van der Waals surface area contributed by atoms with Gasteiger partial charge in [-0.3, -0.25) is 4.79 Å². The molecule has 2 heterocycles. The van der Waals surface area contributed by atoms with Crippen LogP contribution < -0.4 is 4.74 Å². The van der Waals surface area contributed by atoms with E-state index in [1.165, 1.54) is 29.1 Å². The maximum absolute atomic E-state index is 12.6. The molecule has 1 aliphatic heterocycles. The molecule has 0 radical (unpaired) electrons. The molecule has 3 aromatic rings. The number of benzene rings is 2. The second-order valence-electron chi connectivity index (χ2n) is 9.00. The molecular formula is C28H34N2O4. The van der Waals surface area contributed by atoms with Gasteiger partial charge in [0.2, 0.25) is 5.91 Å². The molecule has 0 spiro atoms. The van der Waals surface area contributed by atoms with Crippen LogP contribution in [-0.2, 0) is 28.9 Å². The van der Waals surface area contributed by atoms with Crippen molar-refractivity contribution in [1.29, 1.82) is 0 Å². The van der Waals surface area contributed by atoms with E-state index in [1.807, 2.05) is 17.9 Å². The van der Waals surface area contributed by atoms with Gasteiger partial charge in [-0.1, -0.05) is 19.1 Å². The van der Waals surface area contributed by atoms with E-state index in [9.17, 15) is 9.59 Å². The molecule has 0 saturated carbocycles. The number of amides is 1. The van der Waals surface area contributed by atoms with Crippen LogP contribution in [0.4, 0.5) is 0 Å². The highest BCUT2D eigenvalue weighted by atomic mass is 16.5. The molecule has 1 aliphatic rings. The number of hydrogen-bond acceptors (Lipinski definition) is 4. The Kier molecular flexibility index (Phi) is 7.25. The zero-order valence-corrected chi connectivity index (χ0v) is 20.6. The van der Waals surface area contributed by atoms with Crippen molar-refractivity contribution < 1.29 is 19.1 Å². The van der Waals surface area contributed by atoms with Crippen LogP contribution in [0.5, 0.6) is 5.75 Å². The van der Waals surface area contributed by atoms with Crippen LogP contribution in [0.2, 0.25) is 0 Å². The van der Waals surface area contributed by atoms with Crippen LogP contribution in [0.1, 0.15) is 53.7 Å². The van der Waals surface area contributed by atoms with Gasteiger partial charge in [-0.15, -0.1) is 0 Å². The monoisotopic (exact) mass is 462 g/mol. The molecule has 1 amide bonds. The number of esters is 1. The second-order valence-corrected chi connectivity index (χ2v) is 9.00. The molecule has 180 valence electrons. The van der Waals surface area contributed by atoms with Gasteiger partial charge >= 0.3 is 5.97 Å². The Balaban J connectivity index is 1.67. The fraction of sp³-hybridized carbons (Fsp3) is 0.429. The van der Waals surface area contributed by atoms with Crippen LogP contribution in [0, 0.1) is 5.92 Å². The van der Waals surface area contributed by atoms with E-state index in [1.54, 1.807) is 19.2 Å². The first-order valence-electron chi connectivity index (χ1n) is 12.1.